The van der Waals surface area contributed by atoms with E-state index in [2.05, 4.69) is 6.92 Å². The van der Waals surface area contributed by atoms with Crippen LogP contribution in [0.25, 0.3) is 22.3 Å². The van der Waals surface area contributed by atoms with Crippen LogP contribution in [-0.2, 0) is 12.6 Å². The van der Waals surface area contributed by atoms with Gasteiger partial charge in [-0.15, -0.1) is 0 Å². The van der Waals surface area contributed by atoms with E-state index in [0.717, 1.165) is 48.1 Å². The van der Waals surface area contributed by atoms with Crippen LogP contribution in [0.1, 0.15) is 63.1 Å². The summed E-state index contributed by atoms with van der Waals surface area (Å²) in [4.78, 5) is 9.52. The number of alkyl halides is 3. The van der Waals surface area contributed by atoms with Crippen molar-refractivity contribution in [3.63, 3.8) is 0 Å². The summed E-state index contributed by atoms with van der Waals surface area (Å²) in [5.74, 6) is 0. The van der Waals surface area contributed by atoms with Crippen LogP contribution in [0.15, 0.2) is 48.5 Å². The Labute approximate surface area is 170 Å². The van der Waals surface area contributed by atoms with E-state index >= 15 is 0 Å². The minimum atomic E-state index is -4.34. The third-order valence-electron chi connectivity index (χ3n) is 5.15. The first-order valence-electron chi connectivity index (χ1n) is 10.4. The van der Waals surface area contributed by atoms with Crippen molar-refractivity contribution in [2.24, 2.45) is 0 Å². The quantitative estimate of drug-likeness (QED) is 0.345. The fraction of sp³-hybridized carbons (Fsp3) is 0.417. The molecule has 3 rings (SSSR count). The molecule has 0 saturated heterocycles. The summed E-state index contributed by atoms with van der Waals surface area (Å²) < 4.78 is 38.7. The molecule has 0 atom stereocenters. The molecule has 0 saturated carbocycles. The van der Waals surface area contributed by atoms with Gasteiger partial charge in [-0.05, 0) is 37.1 Å². The Morgan fingerprint density at radius 3 is 1.93 bits per heavy atom. The van der Waals surface area contributed by atoms with Crippen molar-refractivity contribution in [3.8, 4) is 11.3 Å². The van der Waals surface area contributed by atoms with E-state index in [1.54, 1.807) is 0 Å². The highest BCUT2D eigenvalue weighted by Gasteiger charge is 2.30. The summed E-state index contributed by atoms with van der Waals surface area (Å²) in [7, 11) is 0. The summed E-state index contributed by atoms with van der Waals surface area (Å²) >= 11 is 0. The van der Waals surface area contributed by atoms with Crippen molar-refractivity contribution in [1.29, 1.82) is 0 Å². The number of nitrogens with zero attached hydrogens (tertiary/aromatic N) is 2. The smallest absolute Gasteiger partial charge is 0.249 e. The van der Waals surface area contributed by atoms with Crippen molar-refractivity contribution in [2.45, 2.75) is 64.5 Å². The van der Waals surface area contributed by atoms with Crippen LogP contribution in [-0.4, -0.2) is 9.97 Å². The van der Waals surface area contributed by atoms with Crippen LogP contribution in [0.2, 0.25) is 0 Å². The number of halogens is 3. The lowest BCUT2D eigenvalue weighted by molar-refractivity contribution is -0.137. The summed E-state index contributed by atoms with van der Waals surface area (Å²) in [5, 5.41) is 0. The van der Waals surface area contributed by atoms with Crippen molar-refractivity contribution in [2.75, 3.05) is 0 Å². The van der Waals surface area contributed by atoms with Gasteiger partial charge in [0.1, 0.15) is 0 Å². The van der Waals surface area contributed by atoms with Crippen molar-refractivity contribution in [1.82, 2.24) is 9.97 Å². The lowest BCUT2D eigenvalue weighted by atomic mass is 10.0. The van der Waals surface area contributed by atoms with Crippen LogP contribution in [0.3, 0.4) is 0 Å². The summed E-state index contributed by atoms with van der Waals surface area (Å²) in [6.07, 6.45) is 4.84. The number of aryl methyl sites for hydroxylation is 1. The Balaban J connectivity index is 1.80. The molecule has 0 amide bonds. The van der Waals surface area contributed by atoms with E-state index in [-0.39, 0.29) is 0 Å². The molecule has 1 heterocycles. The summed E-state index contributed by atoms with van der Waals surface area (Å²) in [6, 6.07) is 12.8. The molecule has 29 heavy (non-hydrogen) atoms. The number of hydrogen-bond donors (Lipinski definition) is 0. The second-order valence-electron chi connectivity index (χ2n) is 7.45. The number of benzene rings is 2. The van der Waals surface area contributed by atoms with E-state index in [1.807, 2.05) is 24.3 Å². The average molecular weight is 400 g/mol. The predicted octanol–water partition coefficient (Wildman–Crippen LogP) is 7.61. The Kier molecular flexibility index (Phi) is 7.24. The maximum Gasteiger partial charge on any atom is 0.416 e. The number of fused-ring (bicyclic) bond motifs is 1. The van der Waals surface area contributed by atoms with Gasteiger partial charge in [0.2, 0.25) is 0 Å². The zero-order valence-electron chi connectivity index (χ0n) is 16.8. The maximum absolute atomic E-state index is 12.9. The number of rotatable bonds is 9. The molecule has 0 aliphatic heterocycles. The second kappa shape index (κ2) is 9.86. The minimum absolute atomic E-state index is 0.649. The van der Waals surface area contributed by atoms with Gasteiger partial charge < -0.3 is 0 Å². The molecule has 0 spiro atoms. The molecular formula is C24H27F3N2. The van der Waals surface area contributed by atoms with E-state index < -0.39 is 11.7 Å². The molecule has 0 aliphatic carbocycles. The molecule has 3 aromatic rings. The van der Waals surface area contributed by atoms with Crippen molar-refractivity contribution >= 4 is 11.0 Å². The molecule has 0 aliphatic rings. The summed E-state index contributed by atoms with van der Waals surface area (Å²) in [6.45, 7) is 2.21. The molecule has 0 radical (unpaired) electrons. The van der Waals surface area contributed by atoms with Crippen LogP contribution < -0.4 is 0 Å². The Morgan fingerprint density at radius 1 is 0.724 bits per heavy atom. The van der Waals surface area contributed by atoms with Gasteiger partial charge in [-0.25, -0.2) is 9.97 Å². The van der Waals surface area contributed by atoms with Gasteiger partial charge in [0.05, 0.1) is 28.0 Å². The lowest BCUT2D eigenvalue weighted by Gasteiger charge is -2.12. The van der Waals surface area contributed by atoms with E-state index in [1.165, 1.54) is 44.2 Å². The van der Waals surface area contributed by atoms with Crippen LogP contribution in [0.5, 0.6) is 0 Å². The molecule has 5 heteroatoms. The minimum Gasteiger partial charge on any atom is -0.249 e. The van der Waals surface area contributed by atoms with Crippen LogP contribution in [0, 0.1) is 0 Å². The van der Waals surface area contributed by atoms with Gasteiger partial charge in [0, 0.05) is 5.56 Å². The predicted molar refractivity (Wildman–Crippen MR) is 112 cm³/mol. The van der Waals surface area contributed by atoms with Crippen LogP contribution >= 0.6 is 0 Å². The maximum atomic E-state index is 12.9. The standard InChI is InChI=1S/C24H27F3N2/c1-2-3-4-5-6-7-8-13-22-23(29-21-12-10-9-11-20(21)28-22)18-14-16-19(17-15-18)24(25,26)27/h9-12,14-17H,2-8,13H2,1H3. The highest BCUT2D eigenvalue weighted by molar-refractivity contribution is 5.78. The number of aromatic nitrogens is 2. The summed E-state index contributed by atoms with van der Waals surface area (Å²) in [5.41, 5.74) is 3.14. The topological polar surface area (TPSA) is 25.8 Å². The lowest BCUT2D eigenvalue weighted by Crippen LogP contribution is -2.05. The third-order valence-corrected chi connectivity index (χ3v) is 5.15. The molecule has 0 N–H and O–H groups in total. The zero-order chi connectivity index (χ0) is 20.7. The van der Waals surface area contributed by atoms with Gasteiger partial charge in [-0.3, -0.25) is 0 Å². The Morgan fingerprint density at radius 2 is 1.31 bits per heavy atom. The first kappa shape index (κ1) is 21.3. The molecule has 154 valence electrons. The van der Waals surface area contributed by atoms with Gasteiger partial charge in [-0.2, -0.15) is 13.2 Å². The SMILES string of the molecule is CCCCCCCCCc1nc2ccccc2nc1-c1ccc(C(F)(F)F)cc1. The third kappa shape index (κ3) is 5.78. The van der Waals surface area contributed by atoms with E-state index in [9.17, 15) is 13.2 Å². The molecule has 2 aromatic carbocycles. The van der Waals surface area contributed by atoms with Crippen molar-refractivity contribution < 1.29 is 13.2 Å². The largest absolute Gasteiger partial charge is 0.416 e. The molecular weight excluding hydrogens is 373 g/mol. The number of hydrogen-bond acceptors (Lipinski definition) is 2. The highest BCUT2D eigenvalue weighted by Crippen LogP contribution is 2.32. The fourth-order valence-corrected chi connectivity index (χ4v) is 3.51. The first-order valence-corrected chi connectivity index (χ1v) is 10.4. The molecule has 0 unspecified atom stereocenters. The van der Waals surface area contributed by atoms with Gasteiger partial charge >= 0.3 is 6.18 Å². The molecule has 1 aromatic heterocycles. The van der Waals surface area contributed by atoms with Gasteiger partial charge in [0.15, 0.2) is 0 Å². The van der Waals surface area contributed by atoms with Gasteiger partial charge in [0.25, 0.3) is 0 Å². The van der Waals surface area contributed by atoms with E-state index in [4.69, 9.17) is 9.97 Å². The zero-order valence-corrected chi connectivity index (χ0v) is 16.8. The normalized spacial score (nSPS) is 11.9. The Hall–Kier alpha value is -2.43. The van der Waals surface area contributed by atoms with E-state index in [0.29, 0.717) is 11.3 Å². The fourth-order valence-electron chi connectivity index (χ4n) is 3.51. The first-order chi connectivity index (χ1) is 14.0. The number of para-hydroxylation sites is 2. The Bertz CT molecular complexity index is 918. The van der Waals surface area contributed by atoms with Crippen molar-refractivity contribution in [3.05, 3.63) is 59.8 Å². The average Bonchev–Trinajstić information content (AvgIpc) is 2.72. The monoisotopic (exact) mass is 400 g/mol. The molecule has 2 nitrogen and oxygen atoms in total. The van der Waals surface area contributed by atoms with Gasteiger partial charge in [-0.1, -0.05) is 69.7 Å². The highest BCUT2D eigenvalue weighted by atomic mass is 19.4. The number of unbranched alkanes of at least 4 members (excludes halogenated alkanes) is 6. The second-order valence-corrected chi connectivity index (χ2v) is 7.45. The molecule has 0 bridgehead atoms. The van der Waals surface area contributed by atoms with Crippen LogP contribution in [0.4, 0.5) is 13.2 Å². The molecule has 0 fully saturated rings.